The highest BCUT2D eigenvalue weighted by atomic mass is 79.9. The number of para-hydroxylation sites is 3. The molecule has 0 saturated carbocycles. The molecule has 0 N–H and O–H groups in total. The van der Waals surface area contributed by atoms with Gasteiger partial charge in [-0.25, -0.2) is 0 Å². The van der Waals surface area contributed by atoms with Crippen molar-refractivity contribution in [1.82, 2.24) is 4.57 Å². The van der Waals surface area contributed by atoms with Gasteiger partial charge in [-0.2, -0.15) is 0 Å². The minimum absolute atomic E-state index is 0.830. The lowest BCUT2D eigenvalue weighted by Gasteiger charge is -2.07. The van der Waals surface area contributed by atoms with Crippen LogP contribution < -0.4 is 0 Å². The van der Waals surface area contributed by atoms with Gasteiger partial charge in [-0.15, -0.1) is 0 Å². The molecule has 0 fully saturated rings. The lowest BCUT2D eigenvalue weighted by atomic mass is 10.1. The molecule has 0 aliphatic rings. The molecule has 0 unspecified atom stereocenters. The van der Waals surface area contributed by atoms with Crippen LogP contribution in [0.5, 0.6) is 0 Å². The van der Waals surface area contributed by atoms with Gasteiger partial charge in [-0.3, -0.25) is 0 Å². The van der Waals surface area contributed by atoms with Crippen LogP contribution >= 0.6 is 15.9 Å². The highest BCUT2D eigenvalue weighted by molar-refractivity contribution is 9.10. The van der Waals surface area contributed by atoms with E-state index >= 15 is 0 Å². The maximum absolute atomic E-state index is 6.25. The molecule has 0 aliphatic carbocycles. The summed E-state index contributed by atoms with van der Waals surface area (Å²) < 4.78 is 15.7. The SMILES string of the molecule is Brc1cccc2c1oc1cc3oc4ccc(-n5c6ccccc6c6ccccc65)cc4c3cc12. The molecule has 3 aromatic heterocycles. The number of benzene rings is 5. The Bertz CT molecular complexity index is 2040. The quantitative estimate of drug-likeness (QED) is 0.224. The van der Waals surface area contributed by atoms with Gasteiger partial charge in [-0.1, -0.05) is 48.5 Å². The van der Waals surface area contributed by atoms with Crippen LogP contribution in [0.1, 0.15) is 0 Å². The summed E-state index contributed by atoms with van der Waals surface area (Å²) in [6, 6.07) is 34.0. The van der Waals surface area contributed by atoms with Crippen molar-refractivity contribution in [3.05, 3.63) is 102 Å². The van der Waals surface area contributed by atoms with Gasteiger partial charge in [-0.05, 0) is 58.4 Å². The van der Waals surface area contributed by atoms with E-state index in [0.717, 1.165) is 54.0 Å². The van der Waals surface area contributed by atoms with Crippen LogP contribution in [0.15, 0.2) is 110 Å². The van der Waals surface area contributed by atoms with E-state index in [1.54, 1.807) is 0 Å². The lowest BCUT2D eigenvalue weighted by Crippen LogP contribution is -1.93. The zero-order valence-electron chi connectivity index (χ0n) is 17.9. The zero-order chi connectivity index (χ0) is 22.4. The summed E-state index contributed by atoms with van der Waals surface area (Å²) in [6.07, 6.45) is 0. The van der Waals surface area contributed by atoms with Crippen molar-refractivity contribution in [1.29, 1.82) is 0 Å². The van der Waals surface area contributed by atoms with Crippen LogP contribution in [0.25, 0.3) is 71.4 Å². The summed E-state index contributed by atoms with van der Waals surface area (Å²) in [7, 11) is 0. The Labute approximate surface area is 201 Å². The third-order valence-electron chi connectivity index (χ3n) is 6.86. The van der Waals surface area contributed by atoms with Gasteiger partial charge in [0.25, 0.3) is 0 Å². The van der Waals surface area contributed by atoms with E-state index in [0.29, 0.717) is 0 Å². The fraction of sp³-hybridized carbons (Fsp3) is 0. The van der Waals surface area contributed by atoms with E-state index in [1.807, 2.05) is 18.2 Å². The molecule has 3 nitrogen and oxygen atoms in total. The van der Waals surface area contributed by atoms with Crippen molar-refractivity contribution >= 4 is 81.6 Å². The largest absolute Gasteiger partial charge is 0.456 e. The molecule has 3 heterocycles. The van der Waals surface area contributed by atoms with Crippen molar-refractivity contribution in [3.8, 4) is 5.69 Å². The van der Waals surface area contributed by atoms with E-state index in [4.69, 9.17) is 8.83 Å². The number of nitrogens with zero attached hydrogens (tertiary/aromatic N) is 1. The van der Waals surface area contributed by atoms with Crippen molar-refractivity contribution in [2.75, 3.05) is 0 Å². The molecule has 0 saturated heterocycles. The molecule has 0 aliphatic heterocycles. The molecule has 34 heavy (non-hydrogen) atoms. The van der Waals surface area contributed by atoms with E-state index in [2.05, 4.69) is 99.4 Å². The number of fused-ring (bicyclic) bond motifs is 9. The first kappa shape index (κ1) is 18.4. The van der Waals surface area contributed by atoms with Crippen LogP contribution in [0, 0.1) is 0 Å². The fourth-order valence-corrected chi connectivity index (χ4v) is 5.81. The monoisotopic (exact) mass is 501 g/mol. The summed E-state index contributed by atoms with van der Waals surface area (Å²) >= 11 is 3.61. The van der Waals surface area contributed by atoms with Gasteiger partial charge in [0, 0.05) is 44.1 Å². The molecule has 0 amide bonds. The van der Waals surface area contributed by atoms with Gasteiger partial charge >= 0.3 is 0 Å². The topological polar surface area (TPSA) is 31.2 Å². The molecular formula is C30H16BrNO2. The number of aromatic nitrogens is 1. The van der Waals surface area contributed by atoms with E-state index in [9.17, 15) is 0 Å². The average Bonchev–Trinajstić information content (AvgIpc) is 3.52. The Morgan fingerprint density at radius 2 is 1.15 bits per heavy atom. The second-order valence-corrected chi connectivity index (χ2v) is 9.57. The molecule has 4 heteroatoms. The summed E-state index contributed by atoms with van der Waals surface area (Å²) in [5.74, 6) is 0. The first-order valence-electron chi connectivity index (χ1n) is 11.2. The van der Waals surface area contributed by atoms with Gasteiger partial charge in [0.2, 0.25) is 0 Å². The number of hydrogen-bond donors (Lipinski definition) is 0. The second-order valence-electron chi connectivity index (χ2n) is 8.72. The first-order valence-corrected chi connectivity index (χ1v) is 12.0. The van der Waals surface area contributed by atoms with Crippen LogP contribution in [-0.4, -0.2) is 4.57 Å². The number of hydrogen-bond acceptors (Lipinski definition) is 2. The van der Waals surface area contributed by atoms with Gasteiger partial charge < -0.3 is 13.4 Å². The molecule has 8 aromatic rings. The summed E-state index contributed by atoms with van der Waals surface area (Å²) in [4.78, 5) is 0. The number of halogens is 1. The molecule has 8 rings (SSSR count). The first-order chi connectivity index (χ1) is 16.8. The Hall–Kier alpha value is -4.02. The molecule has 5 aromatic carbocycles. The number of rotatable bonds is 1. The maximum atomic E-state index is 6.25. The maximum Gasteiger partial charge on any atom is 0.149 e. The summed E-state index contributed by atoms with van der Waals surface area (Å²) in [5.41, 5.74) is 6.91. The van der Waals surface area contributed by atoms with E-state index in [1.165, 1.54) is 21.8 Å². The third-order valence-corrected chi connectivity index (χ3v) is 7.49. The van der Waals surface area contributed by atoms with Gasteiger partial charge in [0.15, 0.2) is 0 Å². The average molecular weight is 502 g/mol. The highest BCUT2D eigenvalue weighted by Gasteiger charge is 2.16. The highest BCUT2D eigenvalue weighted by Crippen LogP contribution is 2.40. The minimum Gasteiger partial charge on any atom is -0.456 e. The molecule has 160 valence electrons. The van der Waals surface area contributed by atoms with Gasteiger partial charge in [0.1, 0.15) is 22.3 Å². The van der Waals surface area contributed by atoms with Crippen LogP contribution in [0.3, 0.4) is 0 Å². The van der Waals surface area contributed by atoms with Crippen molar-refractivity contribution in [2.45, 2.75) is 0 Å². The fourth-order valence-electron chi connectivity index (χ4n) is 5.36. The third kappa shape index (κ3) is 2.36. The standard InChI is InChI=1S/C30H16BrNO2/c31-24-9-5-8-20-22-15-23-21-14-17(12-13-27(21)33-28(23)16-29(22)34-30(20)24)32-25-10-3-1-6-18(25)19-7-2-4-11-26(19)32/h1-16H. The van der Waals surface area contributed by atoms with Crippen LogP contribution in [0.4, 0.5) is 0 Å². The van der Waals surface area contributed by atoms with Crippen molar-refractivity contribution < 1.29 is 8.83 Å². The second kappa shape index (κ2) is 6.52. The normalized spacial score (nSPS) is 12.3. The number of furan rings is 2. The Morgan fingerprint density at radius 3 is 1.94 bits per heavy atom. The van der Waals surface area contributed by atoms with Crippen LogP contribution in [0.2, 0.25) is 0 Å². The van der Waals surface area contributed by atoms with Crippen LogP contribution in [-0.2, 0) is 0 Å². The summed E-state index contributed by atoms with van der Waals surface area (Å²) in [5, 5.41) is 6.89. The molecule has 0 spiro atoms. The van der Waals surface area contributed by atoms with Crippen molar-refractivity contribution in [2.24, 2.45) is 0 Å². The Balaban J connectivity index is 1.46. The van der Waals surface area contributed by atoms with E-state index < -0.39 is 0 Å². The molecule has 0 atom stereocenters. The zero-order valence-corrected chi connectivity index (χ0v) is 19.5. The van der Waals surface area contributed by atoms with Crippen molar-refractivity contribution in [3.63, 3.8) is 0 Å². The minimum atomic E-state index is 0.830. The van der Waals surface area contributed by atoms with E-state index in [-0.39, 0.29) is 0 Å². The van der Waals surface area contributed by atoms with Gasteiger partial charge in [0.05, 0.1) is 15.5 Å². The molecular weight excluding hydrogens is 486 g/mol. The predicted molar refractivity (Wildman–Crippen MR) is 143 cm³/mol. The smallest absolute Gasteiger partial charge is 0.149 e. The Morgan fingerprint density at radius 1 is 0.500 bits per heavy atom. The lowest BCUT2D eigenvalue weighted by molar-refractivity contribution is 0.655. The Kier molecular flexibility index (Phi) is 3.53. The molecule has 0 radical (unpaired) electrons. The predicted octanol–water partition coefficient (Wildman–Crippen LogP) is 9.34. The summed E-state index contributed by atoms with van der Waals surface area (Å²) in [6.45, 7) is 0. The molecule has 0 bridgehead atoms.